The van der Waals surface area contributed by atoms with Crippen LogP contribution < -0.4 is 0 Å². The Bertz CT molecular complexity index is 445. The molecule has 0 spiro atoms. The first-order valence-corrected chi connectivity index (χ1v) is 9.42. The highest BCUT2D eigenvalue weighted by atomic mass is 15.1. The maximum Gasteiger partial charge on any atom is 0.0165 e. The van der Waals surface area contributed by atoms with Crippen LogP contribution in [-0.4, -0.2) is 24.5 Å². The lowest BCUT2D eigenvalue weighted by Crippen LogP contribution is -2.23. The fraction of sp³-hybridized carbons (Fsp3) is 0.583. The average Bonchev–Trinajstić information content (AvgIpc) is 2.55. The van der Waals surface area contributed by atoms with Crippen molar-refractivity contribution < 1.29 is 0 Å². The lowest BCUT2D eigenvalue weighted by Gasteiger charge is -2.21. The Kier molecular flexibility index (Phi) is 13.4. The van der Waals surface area contributed by atoms with Gasteiger partial charge in [0.2, 0.25) is 0 Å². The third-order valence-electron chi connectivity index (χ3n) is 4.40. The topological polar surface area (TPSA) is 3.24 Å². The summed E-state index contributed by atoms with van der Waals surface area (Å²) in [5.74, 6) is 0. The van der Waals surface area contributed by atoms with Crippen molar-refractivity contribution in [1.82, 2.24) is 4.90 Å². The molecule has 0 amide bonds. The lowest BCUT2D eigenvalue weighted by molar-refractivity contribution is 0.335. The summed E-state index contributed by atoms with van der Waals surface area (Å²) in [6, 6.07) is 0. The zero-order chi connectivity index (χ0) is 20.1. The Morgan fingerprint density at radius 3 is 1.68 bits per heavy atom. The molecule has 0 atom stereocenters. The van der Waals surface area contributed by atoms with Gasteiger partial charge in [-0.25, -0.2) is 0 Å². The van der Waals surface area contributed by atoms with Crippen molar-refractivity contribution in [3.05, 3.63) is 61.8 Å². The van der Waals surface area contributed by atoms with Gasteiger partial charge in [-0.15, -0.1) is 13.2 Å². The molecule has 144 valence electrons. The van der Waals surface area contributed by atoms with Gasteiger partial charge in [0.25, 0.3) is 0 Å². The van der Waals surface area contributed by atoms with Crippen molar-refractivity contribution >= 4 is 0 Å². The molecule has 0 fully saturated rings. The van der Waals surface area contributed by atoms with Crippen molar-refractivity contribution in [3.8, 4) is 0 Å². The van der Waals surface area contributed by atoms with Crippen LogP contribution in [0.3, 0.4) is 0 Å². The smallest absolute Gasteiger partial charge is 0.0165 e. The minimum atomic E-state index is 0.158. The summed E-state index contributed by atoms with van der Waals surface area (Å²) in [6.07, 6.45) is 10.2. The maximum atomic E-state index is 3.88. The van der Waals surface area contributed by atoms with Gasteiger partial charge in [-0.3, -0.25) is 0 Å². The van der Waals surface area contributed by atoms with E-state index in [2.05, 4.69) is 85.8 Å². The molecule has 0 saturated carbocycles. The number of rotatable bonds is 11. The second-order valence-electron chi connectivity index (χ2n) is 8.14. The van der Waals surface area contributed by atoms with Crippen molar-refractivity contribution in [2.75, 3.05) is 19.6 Å². The summed E-state index contributed by atoms with van der Waals surface area (Å²) < 4.78 is 0. The summed E-state index contributed by atoms with van der Waals surface area (Å²) in [7, 11) is 0. The second-order valence-corrected chi connectivity index (χ2v) is 8.14. The Morgan fingerprint density at radius 1 is 0.880 bits per heavy atom. The molecule has 0 aromatic rings. The zero-order valence-electron chi connectivity index (χ0n) is 18.1. The van der Waals surface area contributed by atoms with Gasteiger partial charge in [0, 0.05) is 6.54 Å². The standard InChI is InChI=1S/C14H27N.C10H16/c1-7-14(5,6)12-13(4)10-11-15(8-2)9-3;1-6-9(3)8-10(4,5)7-2/h7,10H,1,8-9,11-12H2,2-6H3;6-7H,1-3,8H2,4-5H3/b13-10+;. The molecule has 0 N–H and O–H groups in total. The van der Waals surface area contributed by atoms with Gasteiger partial charge in [0.15, 0.2) is 0 Å². The molecule has 1 nitrogen and oxygen atoms in total. The van der Waals surface area contributed by atoms with Gasteiger partial charge in [-0.05, 0) is 43.7 Å². The number of nitrogens with zero attached hydrogens (tertiary/aromatic N) is 1. The molecule has 1 heteroatoms. The Morgan fingerprint density at radius 2 is 1.32 bits per heavy atom. The molecule has 0 aliphatic carbocycles. The van der Waals surface area contributed by atoms with Crippen LogP contribution in [0.1, 0.15) is 61.3 Å². The highest BCUT2D eigenvalue weighted by molar-refractivity contribution is 5.14. The van der Waals surface area contributed by atoms with Gasteiger partial charge in [-0.1, -0.05) is 90.2 Å². The first-order chi connectivity index (χ1) is 11.5. The zero-order valence-corrected chi connectivity index (χ0v) is 18.1. The molecule has 25 heavy (non-hydrogen) atoms. The maximum absolute atomic E-state index is 3.88. The van der Waals surface area contributed by atoms with E-state index in [4.69, 9.17) is 0 Å². The van der Waals surface area contributed by atoms with Crippen LogP contribution in [0.15, 0.2) is 61.8 Å². The van der Waals surface area contributed by atoms with Gasteiger partial charge in [-0.2, -0.15) is 0 Å². The van der Waals surface area contributed by atoms with Gasteiger partial charge < -0.3 is 4.90 Å². The van der Waals surface area contributed by atoms with E-state index in [1.54, 1.807) is 6.08 Å². The quantitative estimate of drug-likeness (QED) is 0.282. The fourth-order valence-corrected chi connectivity index (χ4v) is 2.36. The molecule has 0 aliphatic rings. The van der Waals surface area contributed by atoms with Crippen LogP contribution >= 0.6 is 0 Å². The minimum absolute atomic E-state index is 0.158. The van der Waals surface area contributed by atoms with E-state index in [1.807, 2.05) is 12.2 Å². The summed E-state index contributed by atoms with van der Waals surface area (Å²) in [4.78, 5) is 2.42. The highest BCUT2D eigenvalue weighted by Crippen LogP contribution is 2.26. The van der Waals surface area contributed by atoms with E-state index in [0.717, 1.165) is 38.0 Å². The van der Waals surface area contributed by atoms with Crippen molar-refractivity contribution in [2.45, 2.75) is 61.3 Å². The molecule has 0 aromatic heterocycles. The largest absolute Gasteiger partial charge is 0.300 e. The molecule has 0 aliphatic heterocycles. The predicted molar refractivity (Wildman–Crippen MR) is 118 cm³/mol. The first kappa shape index (κ1) is 25.9. The lowest BCUT2D eigenvalue weighted by atomic mass is 9.86. The monoisotopic (exact) mass is 345 g/mol. The van der Waals surface area contributed by atoms with Crippen LogP contribution in [-0.2, 0) is 0 Å². The molecular weight excluding hydrogens is 302 g/mol. The molecule has 0 unspecified atom stereocenters. The van der Waals surface area contributed by atoms with E-state index in [0.29, 0.717) is 0 Å². The summed E-state index contributed by atoms with van der Waals surface area (Å²) in [5, 5.41) is 0. The molecule has 0 rings (SSSR count). The molecule has 0 radical (unpaired) electrons. The molecule has 0 aromatic carbocycles. The molecule has 0 saturated heterocycles. The van der Waals surface area contributed by atoms with Gasteiger partial charge in [0.1, 0.15) is 0 Å². The predicted octanol–water partition coefficient (Wildman–Crippen LogP) is 7.21. The normalized spacial score (nSPS) is 12.2. The van der Waals surface area contributed by atoms with Gasteiger partial charge in [0.05, 0.1) is 0 Å². The Labute approximate surface area is 158 Å². The van der Waals surface area contributed by atoms with Crippen molar-refractivity contribution in [2.24, 2.45) is 10.8 Å². The van der Waals surface area contributed by atoms with Crippen molar-refractivity contribution in [3.63, 3.8) is 0 Å². The summed E-state index contributed by atoms with van der Waals surface area (Å²) >= 11 is 0. The first-order valence-electron chi connectivity index (χ1n) is 9.42. The van der Waals surface area contributed by atoms with E-state index in [-0.39, 0.29) is 10.8 Å². The highest BCUT2D eigenvalue weighted by Gasteiger charge is 2.13. The SMILES string of the molecule is C=CC(=C)CC(C)(C)C=C.C=CC(C)(C)C/C(C)=C/CN(CC)CC. The average molecular weight is 346 g/mol. The number of hydrogen-bond donors (Lipinski definition) is 0. The fourth-order valence-electron chi connectivity index (χ4n) is 2.36. The van der Waals surface area contributed by atoms with E-state index in [1.165, 1.54) is 5.57 Å². The minimum Gasteiger partial charge on any atom is -0.300 e. The van der Waals surface area contributed by atoms with Crippen molar-refractivity contribution in [1.29, 1.82) is 0 Å². The molecule has 0 bridgehead atoms. The third-order valence-corrected chi connectivity index (χ3v) is 4.40. The van der Waals surface area contributed by atoms with Crippen LogP contribution in [0.2, 0.25) is 0 Å². The summed E-state index contributed by atoms with van der Waals surface area (Å²) in [5.41, 5.74) is 2.92. The number of allylic oxidation sites excluding steroid dienone is 5. The van der Waals surface area contributed by atoms with Gasteiger partial charge >= 0.3 is 0 Å². The second kappa shape index (κ2) is 12.9. The number of hydrogen-bond acceptors (Lipinski definition) is 1. The Hall–Kier alpha value is -1.34. The number of likely N-dealkylation sites (N-methyl/N-ethyl adjacent to an activating group) is 1. The molecule has 0 heterocycles. The summed E-state index contributed by atoms with van der Waals surface area (Å²) in [6.45, 7) is 33.8. The Balaban J connectivity index is 0. The van der Waals surface area contributed by atoms with E-state index < -0.39 is 0 Å². The van der Waals surface area contributed by atoms with Crippen LogP contribution in [0.4, 0.5) is 0 Å². The van der Waals surface area contributed by atoms with E-state index >= 15 is 0 Å². The van der Waals surface area contributed by atoms with Crippen LogP contribution in [0.5, 0.6) is 0 Å². The third kappa shape index (κ3) is 14.7. The molecular formula is C24H43N. The van der Waals surface area contributed by atoms with E-state index in [9.17, 15) is 0 Å². The van der Waals surface area contributed by atoms with Crippen LogP contribution in [0.25, 0.3) is 0 Å². The van der Waals surface area contributed by atoms with Crippen LogP contribution in [0, 0.1) is 10.8 Å².